The van der Waals surface area contributed by atoms with E-state index in [9.17, 15) is 9.18 Å². The van der Waals surface area contributed by atoms with E-state index in [1.54, 1.807) is 6.07 Å². The fourth-order valence-corrected chi connectivity index (χ4v) is 4.21. The van der Waals surface area contributed by atoms with Crippen LogP contribution in [0.5, 0.6) is 0 Å². The summed E-state index contributed by atoms with van der Waals surface area (Å²) in [5, 5.41) is 3.12. The lowest BCUT2D eigenvalue weighted by Crippen LogP contribution is -2.46. The molecule has 20 heavy (non-hydrogen) atoms. The molecule has 0 radical (unpaired) electrons. The first-order chi connectivity index (χ1) is 9.34. The molecule has 1 aromatic rings. The van der Waals surface area contributed by atoms with Crippen LogP contribution in [0.2, 0.25) is 0 Å². The lowest BCUT2D eigenvalue weighted by molar-refractivity contribution is 0.0825. The van der Waals surface area contributed by atoms with Crippen LogP contribution in [-0.2, 0) is 0 Å². The predicted octanol–water partition coefficient (Wildman–Crippen LogP) is 3.17. The van der Waals surface area contributed by atoms with Crippen molar-refractivity contribution < 1.29 is 9.18 Å². The van der Waals surface area contributed by atoms with E-state index in [1.165, 1.54) is 18.7 Å². The van der Waals surface area contributed by atoms with Crippen molar-refractivity contribution in [3.63, 3.8) is 0 Å². The molecule has 0 aromatic carbocycles. The Morgan fingerprint density at radius 3 is 2.75 bits per heavy atom. The molecule has 3 atom stereocenters. The maximum absolute atomic E-state index is 13.1. The van der Waals surface area contributed by atoms with Gasteiger partial charge in [-0.25, -0.2) is 4.98 Å². The van der Waals surface area contributed by atoms with Gasteiger partial charge in [-0.2, -0.15) is 4.39 Å². The van der Waals surface area contributed by atoms with Crippen LogP contribution in [0.15, 0.2) is 18.3 Å². The van der Waals surface area contributed by atoms with Gasteiger partial charge in [0.2, 0.25) is 5.95 Å². The van der Waals surface area contributed by atoms with Gasteiger partial charge < -0.3 is 5.32 Å². The first-order valence-electron chi connectivity index (χ1n) is 7.27. The lowest BCUT2D eigenvalue weighted by atomic mass is 9.69. The third-order valence-corrected chi connectivity index (χ3v) is 6.09. The minimum absolute atomic E-state index is 0.138. The summed E-state index contributed by atoms with van der Waals surface area (Å²) in [4.78, 5) is 15.8. The first kappa shape index (κ1) is 13.5. The number of rotatable bonds is 2. The van der Waals surface area contributed by atoms with E-state index < -0.39 is 5.95 Å². The zero-order valence-corrected chi connectivity index (χ0v) is 12.2. The van der Waals surface area contributed by atoms with Crippen LogP contribution in [0.25, 0.3) is 0 Å². The number of aromatic nitrogens is 1. The number of hydrogen-bond acceptors (Lipinski definition) is 2. The number of nitrogens with zero attached hydrogens (tertiary/aromatic N) is 1. The Morgan fingerprint density at radius 2 is 2.20 bits per heavy atom. The fourth-order valence-electron chi connectivity index (χ4n) is 4.21. The van der Waals surface area contributed by atoms with Gasteiger partial charge in [0.1, 0.15) is 0 Å². The predicted molar refractivity (Wildman–Crippen MR) is 74.7 cm³/mol. The van der Waals surface area contributed by atoms with Gasteiger partial charge in [0.05, 0.1) is 0 Å². The summed E-state index contributed by atoms with van der Waals surface area (Å²) in [6.07, 6.45) is 4.76. The summed E-state index contributed by atoms with van der Waals surface area (Å²) < 4.78 is 13.1. The van der Waals surface area contributed by atoms with E-state index in [2.05, 4.69) is 31.1 Å². The third kappa shape index (κ3) is 1.77. The molecule has 2 fully saturated rings. The maximum atomic E-state index is 13.1. The molecule has 1 aromatic heterocycles. The molecule has 0 spiro atoms. The quantitative estimate of drug-likeness (QED) is 0.843. The number of pyridine rings is 1. The van der Waals surface area contributed by atoms with E-state index in [0.717, 1.165) is 12.8 Å². The zero-order chi connectivity index (χ0) is 14.5. The summed E-state index contributed by atoms with van der Waals surface area (Å²) in [6.45, 7) is 6.89. The molecular formula is C16H21FN2O. The van der Waals surface area contributed by atoms with Crippen molar-refractivity contribution in [3.8, 4) is 0 Å². The number of fused-ring (bicyclic) bond motifs is 2. The number of halogens is 1. The molecule has 1 heterocycles. The van der Waals surface area contributed by atoms with Gasteiger partial charge in [-0.3, -0.25) is 4.79 Å². The minimum atomic E-state index is -0.614. The van der Waals surface area contributed by atoms with Gasteiger partial charge in [0.25, 0.3) is 5.91 Å². The highest BCUT2D eigenvalue weighted by Gasteiger charge is 2.61. The number of carbonyl (C=O) groups is 1. The Morgan fingerprint density at radius 1 is 1.45 bits per heavy atom. The Bertz CT molecular complexity index is 557. The first-order valence-corrected chi connectivity index (χ1v) is 7.27. The Hall–Kier alpha value is -1.45. The highest BCUT2D eigenvalue weighted by Crippen LogP contribution is 2.65. The number of amides is 1. The average molecular weight is 276 g/mol. The van der Waals surface area contributed by atoms with Crippen molar-refractivity contribution in [1.29, 1.82) is 0 Å². The average Bonchev–Trinajstić information content (AvgIpc) is 2.72. The Labute approximate surface area is 119 Å². The molecule has 0 saturated heterocycles. The normalized spacial score (nSPS) is 34.2. The van der Waals surface area contributed by atoms with Crippen molar-refractivity contribution in [2.75, 3.05) is 0 Å². The SMILES string of the molecule is CC1(C)[C@H]2CC[C@@]1(C)[C@@H](NC(=O)c1ccnc(F)c1)C2. The van der Waals surface area contributed by atoms with Crippen LogP contribution in [0.1, 0.15) is 50.4 Å². The van der Waals surface area contributed by atoms with E-state index in [-0.39, 0.29) is 22.8 Å². The number of carbonyl (C=O) groups excluding carboxylic acids is 1. The Kier molecular flexibility index (Phi) is 2.89. The van der Waals surface area contributed by atoms with Crippen LogP contribution in [-0.4, -0.2) is 16.9 Å². The summed E-state index contributed by atoms with van der Waals surface area (Å²) in [6, 6.07) is 2.93. The third-order valence-electron chi connectivity index (χ3n) is 6.09. The summed E-state index contributed by atoms with van der Waals surface area (Å²) >= 11 is 0. The van der Waals surface area contributed by atoms with E-state index >= 15 is 0 Å². The van der Waals surface area contributed by atoms with Gasteiger partial charge in [-0.1, -0.05) is 20.8 Å². The largest absolute Gasteiger partial charge is 0.349 e. The van der Waals surface area contributed by atoms with Gasteiger partial charge in [0.15, 0.2) is 0 Å². The standard InChI is InChI=1S/C16H21FN2O/c1-15(2)11-4-6-16(15,3)12(9-11)19-14(20)10-5-7-18-13(17)8-10/h5,7-8,11-12H,4,6,9H2,1-3H3,(H,19,20)/t11-,12-,16-/m0/s1. The van der Waals surface area contributed by atoms with E-state index in [0.29, 0.717) is 11.5 Å². The summed E-state index contributed by atoms with van der Waals surface area (Å²) in [7, 11) is 0. The number of hydrogen-bond donors (Lipinski definition) is 1. The van der Waals surface area contributed by atoms with Crippen LogP contribution in [0.4, 0.5) is 4.39 Å². The van der Waals surface area contributed by atoms with Crippen molar-refractivity contribution >= 4 is 5.91 Å². The molecule has 2 bridgehead atoms. The molecule has 0 unspecified atom stereocenters. The van der Waals surface area contributed by atoms with E-state index in [4.69, 9.17) is 0 Å². The molecular weight excluding hydrogens is 255 g/mol. The van der Waals surface area contributed by atoms with Gasteiger partial charge >= 0.3 is 0 Å². The molecule has 0 aliphatic heterocycles. The molecule has 108 valence electrons. The molecule has 2 saturated carbocycles. The van der Waals surface area contributed by atoms with Gasteiger partial charge in [-0.05, 0) is 42.1 Å². The van der Waals surface area contributed by atoms with Crippen molar-refractivity contribution in [2.45, 2.75) is 46.1 Å². The topological polar surface area (TPSA) is 42.0 Å². The van der Waals surface area contributed by atoms with Crippen LogP contribution >= 0.6 is 0 Å². The minimum Gasteiger partial charge on any atom is -0.349 e. The van der Waals surface area contributed by atoms with Crippen LogP contribution < -0.4 is 5.32 Å². The summed E-state index contributed by atoms with van der Waals surface area (Å²) in [5.41, 5.74) is 0.745. The summed E-state index contributed by atoms with van der Waals surface area (Å²) in [5.74, 6) is -0.134. The lowest BCUT2D eigenvalue weighted by Gasteiger charge is -2.39. The van der Waals surface area contributed by atoms with Crippen molar-refractivity contribution in [2.24, 2.45) is 16.7 Å². The monoisotopic (exact) mass is 276 g/mol. The highest BCUT2D eigenvalue weighted by molar-refractivity contribution is 5.94. The highest BCUT2D eigenvalue weighted by atomic mass is 19.1. The Balaban J connectivity index is 1.78. The fraction of sp³-hybridized carbons (Fsp3) is 0.625. The van der Waals surface area contributed by atoms with Gasteiger partial charge in [-0.15, -0.1) is 0 Å². The zero-order valence-electron chi connectivity index (χ0n) is 12.2. The van der Waals surface area contributed by atoms with Crippen LogP contribution in [0, 0.1) is 22.7 Å². The second-order valence-corrected chi connectivity index (χ2v) is 7.00. The maximum Gasteiger partial charge on any atom is 0.251 e. The second-order valence-electron chi connectivity index (χ2n) is 7.00. The number of nitrogens with one attached hydrogen (secondary N) is 1. The van der Waals surface area contributed by atoms with Crippen LogP contribution in [0.3, 0.4) is 0 Å². The molecule has 2 aliphatic carbocycles. The molecule has 3 nitrogen and oxygen atoms in total. The molecule has 2 aliphatic rings. The molecule has 1 amide bonds. The second kappa shape index (κ2) is 4.27. The van der Waals surface area contributed by atoms with Crippen molar-refractivity contribution in [3.05, 3.63) is 29.8 Å². The van der Waals surface area contributed by atoms with Crippen molar-refractivity contribution in [1.82, 2.24) is 10.3 Å². The molecule has 1 N–H and O–H groups in total. The van der Waals surface area contributed by atoms with E-state index in [1.807, 2.05) is 0 Å². The molecule has 3 rings (SSSR count). The molecule has 4 heteroatoms. The smallest absolute Gasteiger partial charge is 0.251 e. The van der Waals surface area contributed by atoms with Gasteiger partial charge in [0, 0.05) is 23.9 Å².